The lowest BCUT2D eigenvalue weighted by molar-refractivity contribution is 0.184. The molecule has 0 saturated heterocycles. The van der Waals surface area contributed by atoms with Gasteiger partial charge in [0.25, 0.3) is 0 Å². The summed E-state index contributed by atoms with van der Waals surface area (Å²) in [4.78, 5) is 5.77. The monoisotopic (exact) mass is 290 g/mol. The number of ether oxygens (including phenoxy) is 1. The number of aromatic nitrogens is 1. The van der Waals surface area contributed by atoms with Gasteiger partial charge in [0.15, 0.2) is 5.13 Å². The number of benzene rings is 1. The van der Waals surface area contributed by atoms with Crippen molar-refractivity contribution >= 4 is 16.5 Å². The molecule has 0 aliphatic carbocycles. The fraction of sp³-hybridized carbons (Fsp3) is 0.438. The number of anilines is 1. The summed E-state index contributed by atoms with van der Waals surface area (Å²) in [5.74, 6) is 0. The van der Waals surface area contributed by atoms with E-state index in [4.69, 9.17) is 10.5 Å². The SMILES string of the molecule is COCc1ccccc1Cc1sc(N)nc1C(C)(C)C. The van der Waals surface area contributed by atoms with E-state index >= 15 is 0 Å². The van der Waals surface area contributed by atoms with Gasteiger partial charge in [0.2, 0.25) is 0 Å². The van der Waals surface area contributed by atoms with Crippen molar-refractivity contribution in [2.45, 2.75) is 39.2 Å². The molecule has 1 aromatic heterocycles. The molecule has 108 valence electrons. The molecule has 0 saturated carbocycles. The molecule has 0 atom stereocenters. The molecule has 3 nitrogen and oxygen atoms in total. The number of thiazole rings is 1. The summed E-state index contributed by atoms with van der Waals surface area (Å²) in [6.45, 7) is 7.15. The van der Waals surface area contributed by atoms with Crippen LogP contribution < -0.4 is 5.73 Å². The summed E-state index contributed by atoms with van der Waals surface area (Å²) >= 11 is 1.59. The van der Waals surface area contributed by atoms with Gasteiger partial charge in [-0.15, -0.1) is 11.3 Å². The van der Waals surface area contributed by atoms with Crippen LogP contribution in [-0.4, -0.2) is 12.1 Å². The smallest absolute Gasteiger partial charge is 0.180 e. The predicted molar refractivity (Wildman–Crippen MR) is 85.2 cm³/mol. The maximum Gasteiger partial charge on any atom is 0.180 e. The maximum absolute atomic E-state index is 5.91. The lowest BCUT2D eigenvalue weighted by Gasteiger charge is -2.18. The largest absolute Gasteiger partial charge is 0.380 e. The highest BCUT2D eigenvalue weighted by Crippen LogP contribution is 2.32. The van der Waals surface area contributed by atoms with Gasteiger partial charge in [-0.25, -0.2) is 4.98 Å². The molecule has 0 radical (unpaired) electrons. The number of hydrogen-bond acceptors (Lipinski definition) is 4. The zero-order valence-electron chi connectivity index (χ0n) is 12.6. The van der Waals surface area contributed by atoms with Gasteiger partial charge < -0.3 is 10.5 Å². The molecule has 0 aliphatic heterocycles. The number of rotatable bonds is 4. The zero-order chi connectivity index (χ0) is 14.8. The first-order chi connectivity index (χ1) is 9.41. The average molecular weight is 290 g/mol. The van der Waals surface area contributed by atoms with Crippen LogP contribution in [0.3, 0.4) is 0 Å². The maximum atomic E-state index is 5.91. The normalized spacial score (nSPS) is 11.8. The molecule has 2 aromatic rings. The minimum atomic E-state index is 0.0135. The Morgan fingerprint density at radius 2 is 1.85 bits per heavy atom. The van der Waals surface area contributed by atoms with Crippen molar-refractivity contribution in [2.24, 2.45) is 0 Å². The molecule has 2 rings (SSSR count). The third kappa shape index (κ3) is 3.38. The molecular weight excluding hydrogens is 268 g/mol. The number of nitrogens with zero attached hydrogens (tertiary/aromatic N) is 1. The first-order valence-electron chi connectivity index (χ1n) is 6.73. The second-order valence-corrected chi connectivity index (χ2v) is 7.07. The van der Waals surface area contributed by atoms with E-state index in [-0.39, 0.29) is 5.41 Å². The van der Waals surface area contributed by atoms with Gasteiger partial charge in [-0.2, -0.15) is 0 Å². The minimum absolute atomic E-state index is 0.0135. The van der Waals surface area contributed by atoms with Crippen molar-refractivity contribution in [3.05, 3.63) is 46.0 Å². The van der Waals surface area contributed by atoms with E-state index in [2.05, 4.69) is 44.0 Å². The first-order valence-corrected chi connectivity index (χ1v) is 7.55. The Balaban J connectivity index is 2.36. The Bertz CT molecular complexity index is 584. The van der Waals surface area contributed by atoms with Crippen LogP contribution >= 0.6 is 11.3 Å². The van der Waals surface area contributed by atoms with Gasteiger partial charge in [0, 0.05) is 23.8 Å². The van der Waals surface area contributed by atoms with Gasteiger partial charge in [-0.3, -0.25) is 0 Å². The van der Waals surface area contributed by atoms with Crippen LogP contribution in [0.15, 0.2) is 24.3 Å². The van der Waals surface area contributed by atoms with Gasteiger partial charge >= 0.3 is 0 Å². The van der Waals surface area contributed by atoms with Crippen LogP contribution in [-0.2, 0) is 23.2 Å². The Kier molecular flexibility index (Phi) is 4.45. The van der Waals surface area contributed by atoms with Crippen molar-refractivity contribution in [1.29, 1.82) is 0 Å². The first kappa shape index (κ1) is 15.0. The molecule has 0 amide bonds. The molecule has 0 spiro atoms. The van der Waals surface area contributed by atoms with Gasteiger partial charge in [0.05, 0.1) is 12.3 Å². The third-order valence-corrected chi connectivity index (χ3v) is 4.08. The third-order valence-electron chi connectivity index (χ3n) is 3.19. The van der Waals surface area contributed by atoms with E-state index in [1.165, 1.54) is 16.0 Å². The predicted octanol–water partition coefficient (Wildman–Crippen LogP) is 3.76. The average Bonchev–Trinajstić information content (AvgIpc) is 2.73. The zero-order valence-corrected chi connectivity index (χ0v) is 13.4. The molecule has 1 aromatic carbocycles. The topological polar surface area (TPSA) is 48.1 Å². The Morgan fingerprint density at radius 3 is 2.45 bits per heavy atom. The lowest BCUT2D eigenvalue weighted by atomic mass is 9.89. The van der Waals surface area contributed by atoms with Crippen molar-refractivity contribution in [3.63, 3.8) is 0 Å². The van der Waals surface area contributed by atoms with Crippen molar-refractivity contribution in [2.75, 3.05) is 12.8 Å². The summed E-state index contributed by atoms with van der Waals surface area (Å²) in [6.07, 6.45) is 0.862. The van der Waals surface area contributed by atoms with Crippen LogP contribution in [0.1, 0.15) is 42.5 Å². The van der Waals surface area contributed by atoms with Crippen LogP contribution in [0, 0.1) is 0 Å². The highest BCUT2D eigenvalue weighted by Gasteiger charge is 2.23. The van der Waals surface area contributed by atoms with Gasteiger partial charge in [0.1, 0.15) is 0 Å². The van der Waals surface area contributed by atoms with Gasteiger partial charge in [-0.05, 0) is 11.1 Å². The standard InChI is InChI=1S/C16H22N2OS/c1-16(2,3)14-13(20-15(17)18-14)9-11-7-5-6-8-12(11)10-19-4/h5-8H,9-10H2,1-4H3,(H2,17,18). The summed E-state index contributed by atoms with van der Waals surface area (Å²) in [5, 5.41) is 0.647. The van der Waals surface area contributed by atoms with E-state index in [1.807, 2.05) is 6.07 Å². The van der Waals surface area contributed by atoms with Crippen LogP contribution in [0.4, 0.5) is 5.13 Å². The second kappa shape index (κ2) is 5.94. The summed E-state index contributed by atoms with van der Waals surface area (Å²) in [5.41, 5.74) is 9.53. The van der Waals surface area contributed by atoms with E-state index in [0.29, 0.717) is 11.7 Å². The molecule has 0 bridgehead atoms. The fourth-order valence-corrected chi connectivity index (χ4v) is 3.34. The molecule has 20 heavy (non-hydrogen) atoms. The van der Waals surface area contributed by atoms with E-state index in [1.54, 1.807) is 18.4 Å². The number of methoxy groups -OCH3 is 1. The second-order valence-electron chi connectivity index (χ2n) is 5.95. The van der Waals surface area contributed by atoms with E-state index in [0.717, 1.165) is 12.1 Å². The van der Waals surface area contributed by atoms with Crippen molar-refractivity contribution < 1.29 is 4.74 Å². The lowest BCUT2D eigenvalue weighted by Crippen LogP contribution is -2.14. The quantitative estimate of drug-likeness (QED) is 0.932. The summed E-state index contributed by atoms with van der Waals surface area (Å²) < 4.78 is 5.27. The Hall–Kier alpha value is -1.39. The van der Waals surface area contributed by atoms with Crippen LogP contribution in [0.25, 0.3) is 0 Å². The molecule has 0 fully saturated rings. The van der Waals surface area contributed by atoms with Crippen LogP contribution in [0.2, 0.25) is 0 Å². The van der Waals surface area contributed by atoms with Gasteiger partial charge in [-0.1, -0.05) is 45.0 Å². The molecule has 0 unspecified atom stereocenters. The molecule has 2 N–H and O–H groups in total. The van der Waals surface area contributed by atoms with Crippen LogP contribution in [0.5, 0.6) is 0 Å². The Labute approximate surface area is 124 Å². The highest BCUT2D eigenvalue weighted by atomic mass is 32.1. The van der Waals surface area contributed by atoms with Crippen molar-refractivity contribution in [3.8, 4) is 0 Å². The fourth-order valence-electron chi connectivity index (χ4n) is 2.27. The molecule has 4 heteroatoms. The van der Waals surface area contributed by atoms with E-state index < -0.39 is 0 Å². The number of hydrogen-bond donors (Lipinski definition) is 1. The Morgan fingerprint density at radius 1 is 1.20 bits per heavy atom. The molecule has 1 heterocycles. The number of nitrogens with two attached hydrogens (primary N) is 1. The summed E-state index contributed by atoms with van der Waals surface area (Å²) in [6, 6.07) is 8.37. The highest BCUT2D eigenvalue weighted by molar-refractivity contribution is 7.15. The minimum Gasteiger partial charge on any atom is -0.380 e. The van der Waals surface area contributed by atoms with Crippen molar-refractivity contribution in [1.82, 2.24) is 4.98 Å². The summed E-state index contributed by atoms with van der Waals surface area (Å²) in [7, 11) is 1.72. The molecule has 0 aliphatic rings. The van der Waals surface area contributed by atoms with E-state index in [9.17, 15) is 0 Å². The number of nitrogen functional groups attached to an aromatic ring is 1. The molecular formula is C16H22N2OS.